The molecule has 0 spiro atoms. The summed E-state index contributed by atoms with van der Waals surface area (Å²) in [4.78, 5) is 12.0. The summed E-state index contributed by atoms with van der Waals surface area (Å²) in [6, 6.07) is 26.8. The number of nitrogens with zero attached hydrogens (tertiary/aromatic N) is 2. The van der Waals surface area contributed by atoms with Gasteiger partial charge in [0.05, 0.1) is 29.7 Å². The summed E-state index contributed by atoms with van der Waals surface area (Å²) in [5.74, 6) is 0.731. The molecule has 0 saturated carbocycles. The van der Waals surface area contributed by atoms with Gasteiger partial charge in [0.1, 0.15) is 11.6 Å². The zero-order chi connectivity index (χ0) is 20.2. The Morgan fingerprint density at radius 3 is 2.31 bits per heavy atom. The minimum Gasteiger partial charge on any atom is -0.497 e. The van der Waals surface area contributed by atoms with E-state index in [9.17, 15) is 4.79 Å². The topological polar surface area (TPSA) is 82.2 Å². The van der Waals surface area contributed by atoms with Crippen molar-refractivity contribution >= 4 is 17.4 Å². The van der Waals surface area contributed by atoms with Gasteiger partial charge in [0.2, 0.25) is 0 Å². The van der Waals surface area contributed by atoms with Gasteiger partial charge < -0.3 is 15.8 Å². The summed E-state index contributed by atoms with van der Waals surface area (Å²) in [5, 5.41) is 8.07. The molecule has 0 aliphatic carbocycles. The molecule has 1 amide bonds. The average Bonchev–Trinajstić information content (AvgIpc) is 3.19. The maximum absolute atomic E-state index is 12.0. The molecule has 144 valence electrons. The van der Waals surface area contributed by atoms with Crippen LogP contribution in [0.25, 0.3) is 16.9 Å². The summed E-state index contributed by atoms with van der Waals surface area (Å²) >= 11 is 0. The number of nitrogens with two attached hydrogens (primary N) is 1. The molecule has 0 aliphatic rings. The van der Waals surface area contributed by atoms with E-state index in [1.54, 1.807) is 30.0 Å². The molecular formula is C23H20N4O2. The van der Waals surface area contributed by atoms with E-state index >= 15 is 0 Å². The number of carbonyl (C=O) groups is 1. The molecule has 0 aliphatic heterocycles. The Hall–Kier alpha value is -4.06. The molecule has 3 N–H and O–H groups in total. The first-order valence-corrected chi connectivity index (χ1v) is 9.11. The second-order valence-corrected chi connectivity index (χ2v) is 6.43. The van der Waals surface area contributed by atoms with E-state index in [0.717, 1.165) is 16.9 Å². The van der Waals surface area contributed by atoms with Crippen molar-refractivity contribution < 1.29 is 9.53 Å². The maximum atomic E-state index is 12.0. The minimum atomic E-state index is -0.541. The lowest BCUT2D eigenvalue weighted by molar-refractivity contribution is 0.100. The van der Waals surface area contributed by atoms with E-state index in [0.29, 0.717) is 22.8 Å². The number of hydrogen-bond donors (Lipinski definition) is 2. The number of nitrogens with one attached hydrogen (secondary N) is 1. The molecule has 6 heteroatoms. The van der Waals surface area contributed by atoms with Crippen LogP contribution < -0.4 is 15.8 Å². The summed E-state index contributed by atoms with van der Waals surface area (Å²) in [7, 11) is 1.55. The number of para-hydroxylation sites is 1. The predicted molar refractivity (Wildman–Crippen MR) is 114 cm³/mol. The van der Waals surface area contributed by atoms with Crippen LogP contribution in [0, 0.1) is 0 Å². The van der Waals surface area contributed by atoms with Crippen molar-refractivity contribution in [1.82, 2.24) is 9.78 Å². The molecular weight excluding hydrogens is 364 g/mol. The van der Waals surface area contributed by atoms with E-state index in [2.05, 4.69) is 5.32 Å². The molecule has 1 heterocycles. The van der Waals surface area contributed by atoms with Crippen molar-refractivity contribution in [3.63, 3.8) is 0 Å². The fourth-order valence-electron chi connectivity index (χ4n) is 3.09. The van der Waals surface area contributed by atoms with Crippen LogP contribution in [-0.2, 0) is 0 Å². The highest BCUT2D eigenvalue weighted by Crippen LogP contribution is 2.29. The monoisotopic (exact) mass is 384 g/mol. The number of carbonyl (C=O) groups excluding carboxylic acids is 1. The molecule has 1 aromatic heterocycles. The van der Waals surface area contributed by atoms with Gasteiger partial charge >= 0.3 is 0 Å². The lowest BCUT2D eigenvalue weighted by Crippen LogP contribution is -2.14. The van der Waals surface area contributed by atoms with Gasteiger partial charge in [-0.05, 0) is 30.3 Å². The highest BCUT2D eigenvalue weighted by Gasteiger charge is 2.15. The third-order valence-corrected chi connectivity index (χ3v) is 4.53. The molecule has 0 saturated heterocycles. The number of primary amides is 1. The number of benzene rings is 3. The summed E-state index contributed by atoms with van der Waals surface area (Å²) < 4.78 is 7.02. The van der Waals surface area contributed by atoms with Gasteiger partial charge in [0.15, 0.2) is 0 Å². The van der Waals surface area contributed by atoms with Crippen LogP contribution in [0.1, 0.15) is 10.4 Å². The number of hydrogen-bond acceptors (Lipinski definition) is 4. The van der Waals surface area contributed by atoms with Gasteiger partial charge in [-0.1, -0.05) is 48.5 Å². The van der Waals surface area contributed by atoms with Crippen LogP contribution in [0.5, 0.6) is 5.75 Å². The first-order valence-electron chi connectivity index (χ1n) is 9.11. The highest BCUT2D eigenvalue weighted by atomic mass is 16.5. The molecule has 0 bridgehead atoms. The van der Waals surface area contributed by atoms with Crippen LogP contribution >= 0.6 is 0 Å². The zero-order valence-electron chi connectivity index (χ0n) is 15.9. The van der Waals surface area contributed by atoms with E-state index in [-0.39, 0.29) is 0 Å². The van der Waals surface area contributed by atoms with Crippen molar-refractivity contribution in [3.05, 3.63) is 90.5 Å². The van der Waals surface area contributed by atoms with Gasteiger partial charge in [-0.25, -0.2) is 4.68 Å². The van der Waals surface area contributed by atoms with Gasteiger partial charge in [0.25, 0.3) is 5.91 Å². The minimum absolute atomic E-state index is 0.339. The highest BCUT2D eigenvalue weighted by molar-refractivity contribution is 5.99. The lowest BCUT2D eigenvalue weighted by atomic mass is 10.1. The molecule has 0 unspecified atom stereocenters. The molecule has 29 heavy (non-hydrogen) atoms. The molecule has 0 atom stereocenters. The second-order valence-electron chi connectivity index (χ2n) is 6.43. The number of amides is 1. The first-order chi connectivity index (χ1) is 14.2. The number of methoxy groups -OCH3 is 1. The van der Waals surface area contributed by atoms with Crippen molar-refractivity contribution in [2.75, 3.05) is 12.4 Å². The quantitative estimate of drug-likeness (QED) is 0.516. The standard InChI is InChI=1S/C23H20N4O2/c1-29-18-12-13-20(19(14-18)23(24)28)25-22-15-21(16-8-4-2-5-9-16)26-27(22)17-10-6-3-7-11-17/h2-15,25H,1H3,(H2,24,28). The molecule has 0 fully saturated rings. The van der Waals surface area contributed by atoms with Crippen LogP contribution in [0.15, 0.2) is 84.9 Å². The van der Waals surface area contributed by atoms with Crippen molar-refractivity contribution in [1.29, 1.82) is 0 Å². The molecule has 0 radical (unpaired) electrons. The van der Waals surface area contributed by atoms with Gasteiger partial charge in [-0.3, -0.25) is 4.79 Å². The SMILES string of the molecule is COc1ccc(Nc2cc(-c3ccccc3)nn2-c2ccccc2)c(C(N)=O)c1. The first kappa shape index (κ1) is 18.3. The van der Waals surface area contributed by atoms with Crippen LogP contribution in [-0.4, -0.2) is 22.8 Å². The smallest absolute Gasteiger partial charge is 0.250 e. The van der Waals surface area contributed by atoms with Crippen LogP contribution in [0.2, 0.25) is 0 Å². The second kappa shape index (κ2) is 7.90. The Morgan fingerprint density at radius 1 is 0.966 bits per heavy atom. The summed E-state index contributed by atoms with van der Waals surface area (Å²) in [5.41, 5.74) is 9.20. The summed E-state index contributed by atoms with van der Waals surface area (Å²) in [6.07, 6.45) is 0. The van der Waals surface area contributed by atoms with E-state index < -0.39 is 5.91 Å². The summed E-state index contributed by atoms with van der Waals surface area (Å²) in [6.45, 7) is 0. The average molecular weight is 384 g/mol. The van der Waals surface area contributed by atoms with Crippen molar-refractivity contribution in [2.24, 2.45) is 5.73 Å². The number of ether oxygens (including phenoxy) is 1. The zero-order valence-corrected chi connectivity index (χ0v) is 15.9. The molecule has 4 aromatic rings. The van der Waals surface area contributed by atoms with Gasteiger partial charge in [-0.2, -0.15) is 5.10 Å². The third-order valence-electron chi connectivity index (χ3n) is 4.53. The van der Waals surface area contributed by atoms with Crippen molar-refractivity contribution in [2.45, 2.75) is 0 Å². The molecule has 4 rings (SSSR count). The third kappa shape index (κ3) is 3.82. The normalized spacial score (nSPS) is 10.5. The molecule has 3 aromatic carbocycles. The van der Waals surface area contributed by atoms with E-state index in [4.69, 9.17) is 15.6 Å². The Kier molecular flexibility index (Phi) is 4.99. The van der Waals surface area contributed by atoms with E-state index in [1.165, 1.54) is 0 Å². The number of aromatic nitrogens is 2. The van der Waals surface area contributed by atoms with Gasteiger partial charge in [-0.15, -0.1) is 0 Å². The number of rotatable bonds is 6. The van der Waals surface area contributed by atoms with Crippen LogP contribution in [0.3, 0.4) is 0 Å². The Labute approximate surface area is 168 Å². The predicted octanol–water partition coefficient (Wildman–Crippen LogP) is 4.39. The maximum Gasteiger partial charge on any atom is 0.250 e. The Morgan fingerprint density at radius 2 is 1.66 bits per heavy atom. The molecule has 6 nitrogen and oxygen atoms in total. The lowest BCUT2D eigenvalue weighted by Gasteiger charge is -2.13. The Balaban J connectivity index is 1.81. The van der Waals surface area contributed by atoms with Crippen LogP contribution in [0.4, 0.5) is 11.5 Å². The van der Waals surface area contributed by atoms with Crippen molar-refractivity contribution in [3.8, 4) is 22.7 Å². The fraction of sp³-hybridized carbons (Fsp3) is 0.0435. The Bertz CT molecular complexity index is 1140. The fourth-order valence-corrected chi connectivity index (χ4v) is 3.09. The van der Waals surface area contributed by atoms with E-state index in [1.807, 2.05) is 66.7 Å². The van der Waals surface area contributed by atoms with Gasteiger partial charge in [0, 0.05) is 11.6 Å². The largest absolute Gasteiger partial charge is 0.497 e. The number of anilines is 2.